The highest BCUT2D eigenvalue weighted by molar-refractivity contribution is 5.77. The van der Waals surface area contributed by atoms with Gasteiger partial charge in [0, 0.05) is 6.54 Å². The smallest absolute Gasteiger partial charge is 0.233 e. The summed E-state index contributed by atoms with van der Waals surface area (Å²) in [7, 11) is 0. The number of hydrogen-bond donors (Lipinski definition) is 2. The summed E-state index contributed by atoms with van der Waals surface area (Å²) in [6.45, 7) is 4.70. The van der Waals surface area contributed by atoms with Crippen molar-refractivity contribution in [3.05, 3.63) is 0 Å². The minimum atomic E-state index is 0.174. The zero-order valence-electron chi connectivity index (χ0n) is 11.7. The minimum Gasteiger partial charge on any atom is -0.355 e. The van der Waals surface area contributed by atoms with Crippen LogP contribution >= 0.6 is 0 Å². The normalized spacial score (nSPS) is 28.1. The lowest BCUT2D eigenvalue weighted by Crippen LogP contribution is -2.37. The van der Waals surface area contributed by atoms with E-state index in [0.717, 1.165) is 30.8 Å². The lowest BCUT2D eigenvalue weighted by atomic mass is 9.81. The number of amides is 1. The lowest BCUT2D eigenvalue weighted by Gasteiger charge is -2.27. The Bertz CT molecular complexity index is 255. The highest BCUT2D eigenvalue weighted by atomic mass is 16.1. The molecule has 2 saturated carbocycles. The first-order valence-electron chi connectivity index (χ1n) is 7.75. The third-order valence-corrected chi connectivity index (χ3v) is 4.55. The Morgan fingerprint density at radius 3 is 2.11 bits per heavy atom. The monoisotopic (exact) mass is 252 g/mol. The average molecular weight is 252 g/mol. The summed E-state index contributed by atoms with van der Waals surface area (Å²) < 4.78 is 0. The third-order valence-electron chi connectivity index (χ3n) is 4.55. The fraction of sp³-hybridized carbons (Fsp3) is 0.933. The standard InChI is InChI=1S/C15H28N2O/c1-2-12-3-5-14(6-4-12)10-17-15(18)11-16-9-13-7-8-13/h12-14,16H,2-11H2,1H3,(H,17,18). The molecule has 0 aromatic heterocycles. The number of carbonyl (C=O) groups excluding carboxylic acids is 1. The summed E-state index contributed by atoms with van der Waals surface area (Å²) in [6, 6.07) is 0. The first kappa shape index (κ1) is 13.9. The summed E-state index contributed by atoms with van der Waals surface area (Å²) in [4.78, 5) is 11.6. The molecule has 0 aliphatic heterocycles. The maximum absolute atomic E-state index is 11.6. The third kappa shape index (κ3) is 4.97. The van der Waals surface area contributed by atoms with Crippen molar-refractivity contribution >= 4 is 5.91 Å². The van der Waals surface area contributed by atoms with E-state index >= 15 is 0 Å². The molecule has 0 heterocycles. The van der Waals surface area contributed by atoms with Crippen molar-refractivity contribution in [2.45, 2.75) is 51.9 Å². The summed E-state index contributed by atoms with van der Waals surface area (Å²) in [5.41, 5.74) is 0. The van der Waals surface area contributed by atoms with Gasteiger partial charge in [0.25, 0.3) is 0 Å². The van der Waals surface area contributed by atoms with E-state index in [2.05, 4.69) is 17.6 Å². The van der Waals surface area contributed by atoms with Crippen LogP contribution in [0.5, 0.6) is 0 Å². The van der Waals surface area contributed by atoms with Gasteiger partial charge in [0.1, 0.15) is 0 Å². The predicted octanol–water partition coefficient (Wildman–Crippen LogP) is 2.32. The van der Waals surface area contributed by atoms with Crippen molar-refractivity contribution in [2.24, 2.45) is 17.8 Å². The molecule has 0 saturated heterocycles. The van der Waals surface area contributed by atoms with Gasteiger partial charge in [0.15, 0.2) is 0 Å². The van der Waals surface area contributed by atoms with E-state index in [1.165, 1.54) is 44.9 Å². The van der Waals surface area contributed by atoms with Crippen LogP contribution < -0.4 is 10.6 Å². The molecule has 2 rings (SSSR count). The number of hydrogen-bond acceptors (Lipinski definition) is 2. The molecule has 0 spiro atoms. The second kappa shape index (κ2) is 7.13. The molecule has 0 unspecified atom stereocenters. The van der Waals surface area contributed by atoms with Gasteiger partial charge in [-0.15, -0.1) is 0 Å². The largest absolute Gasteiger partial charge is 0.355 e. The fourth-order valence-corrected chi connectivity index (χ4v) is 2.88. The Morgan fingerprint density at radius 2 is 1.50 bits per heavy atom. The Hall–Kier alpha value is -0.570. The van der Waals surface area contributed by atoms with Crippen LogP contribution in [-0.4, -0.2) is 25.5 Å². The SMILES string of the molecule is CCC1CCC(CNC(=O)CNCC2CC2)CC1. The topological polar surface area (TPSA) is 41.1 Å². The fourth-order valence-electron chi connectivity index (χ4n) is 2.88. The number of rotatable bonds is 7. The summed E-state index contributed by atoms with van der Waals surface area (Å²) in [5.74, 6) is 2.69. The van der Waals surface area contributed by atoms with Gasteiger partial charge in [0.05, 0.1) is 6.54 Å². The second-order valence-electron chi connectivity index (χ2n) is 6.17. The van der Waals surface area contributed by atoms with Crippen molar-refractivity contribution < 1.29 is 4.79 Å². The van der Waals surface area contributed by atoms with Crippen molar-refractivity contribution in [3.63, 3.8) is 0 Å². The lowest BCUT2D eigenvalue weighted by molar-refractivity contribution is -0.120. The van der Waals surface area contributed by atoms with E-state index < -0.39 is 0 Å². The summed E-state index contributed by atoms with van der Waals surface area (Å²) in [6.07, 6.45) is 9.32. The van der Waals surface area contributed by atoms with Gasteiger partial charge in [-0.1, -0.05) is 26.2 Å². The molecule has 0 aromatic rings. The van der Waals surface area contributed by atoms with Gasteiger partial charge < -0.3 is 10.6 Å². The molecule has 2 fully saturated rings. The van der Waals surface area contributed by atoms with Crippen molar-refractivity contribution in [2.75, 3.05) is 19.6 Å². The van der Waals surface area contributed by atoms with Gasteiger partial charge >= 0.3 is 0 Å². The van der Waals surface area contributed by atoms with Gasteiger partial charge in [-0.25, -0.2) is 0 Å². The van der Waals surface area contributed by atoms with E-state index in [1.54, 1.807) is 0 Å². The molecule has 0 bridgehead atoms. The van der Waals surface area contributed by atoms with Gasteiger partial charge in [-0.2, -0.15) is 0 Å². The summed E-state index contributed by atoms with van der Waals surface area (Å²) >= 11 is 0. The van der Waals surface area contributed by atoms with Gasteiger partial charge in [-0.05, 0) is 50.0 Å². The number of nitrogens with one attached hydrogen (secondary N) is 2. The quantitative estimate of drug-likeness (QED) is 0.730. The van der Waals surface area contributed by atoms with Crippen LogP contribution in [0.2, 0.25) is 0 Å². The van der Waals surface area contributed by atoms with Crippen LogP contribution in [0.4, 0.5) is 0 Å². The molecule has 0 aromatic carbocycles. The van der Waals surface area contributed by atoms with E-state index in [0.29, 0.717) is 6.54 Å². The minimum absolute atomic E-state index is 0.174. The second-order valence-corrected chi connectivity index (χ2v) is 6.17. The Labute approximate surface area is 111 Å². The first-order valence-corrected chi connectivity index (χ1v) is 7.75. The molecule has 104 valence electrons. The Morgan fingerprint density at radius 1 is 0.944 bits per heavy atom. The van der Waals surface area contributed by atoms with E-state index in [-0.39, 0.29) is 5.91 Å². The maximum Gasteiger partial charge on any atom is 0.233 e. The highest BCUT2D eigenvalue weighted by Gasteiger charge is 2.21. The molecule has 0 radical (unpaired) electrons. The molecule has 3 nitrogen and oxygen atoms in total. The molecule has 3 heteroatoms. The molecule has 2 aliphatic rings. The molecular formula is C15H28N2O. The Kier molecular flexibility index (Phi) is 5.48. The van der Waals surface area contributed by atoms with E-state index in [1.807, 2.05) is 0 Å². The molecule has 1 amide bonds. The van der Waals surface area contributed by atoms with Crippen molar-refractivity contribution in [3.8, 4) is 0 Å². The van der Waals surface area contributed by atoms with Gasteiger partial charge in [-0.3, -0.25) is 4.79 Å². The van der Waals surface area contributed by atoms with Crippen molar-refractivity contribution in [1.29, 1.82) is 0 Å². The molecule has 2 aliphatic carbocycles. The zero-order valence-corrected chi connectivity index (χ0v) is 11.7. The molecule has 18 heavy (non-hydrogen) atoms. The zero-order chi connectivity index (χ0) is 12.8. The summed E-state index contributed by atoms with van der Waals surface area (Å²) in [5, 5.41) is 6.32. The van der Waals surface area contributed by atoms with E-state index in [9.17, 15) is 4.79 Å². The van der Waals surface area contributed by atoms with Crippen LogP contribution in [0.1, 0.15) is 51.9 Å². The van der Waals surface area contributed by atoms with Crippen molar-refractivity contribution in [1.82, 2.24) is 10.6 Å². The van der Waals surface area contributed by atoms with Crippen LogP contribution in [0.25, 0.3) is 0 Å². The first-order chi connectivity index (χ1) is 8.78. The maximum atomic E-state index is 11.6. The number of carbonyl (C=O) groups is 1. The average Bonchev–Trinajstić information content (AvgIpc) is 3.21. The molecule has 0 atom stereocenters. The van der Waals surface area contributed by atoms with Crippen LogP contribution in [0.3, 0.4) is 0 Å². The predicted molar refractivity (Wildman–Crippen MR) is 74.3 cm³/mol. The van der Waals surface area contributed by atoms with Crippen LogP contribution in [0, 0.1) is 17.8 Å². The molecule has 2 N–H and O–H groups in total. The Balaban J connectivity index is 1.49. The van der Waals surface area contributed by atoms with E-state index in [4.69, 9.17) is 0 Å². The van der Waals surface area contributed by atoms with Crippen LogP contribution in [0.15, 0.2) is 0 Å². The van der Waals surface area contributed by atoms with Crippen LogP contribution in [-0.2, 0) is 4.79 Å². The highest BCUT2D eigenvalue weighted by Crippen LogP contribution is 2.30. The van der Waals surface area contributed by atoms with Gasteiger partial charge in [0.2, 0.25) is 5.91 Å². The molecular weight excluding hydrogens is 224 g/mol.